The van der Waals surface area contributed by atoms with Gasteiger partial charge in [-0.15, -0.1) is 0 Å². The summed E-state index contributed by atoms with van der Waals surface area (Å²) in [6, 6.07) is 2.26. The van der Waals surface area contributed by atoms with E-state index >= 15 is 0 Å². The Labute approximate surface area is 75.2 Å². The van der Waals surface area contributed by atoms with E-state index in [9.17, 15) is 0 Å². The minimum absolute atomic E-state index is 0.608. The number of nitrogens with one attached hydrogen (secondary N) is 1. The van der Waals surface area contributed by atoms with Gasteiger partial charge in [-0.3, -0.25) is 0 Å². The zero-order valence-corrected chi connectivity index (χ0v) is 8.73. The Balaban J connectivity index is 3.00. The largest absolute Gasteiger partial charge is 0.362 e. The topological polar surface area (TPSA) is 15.8 Å². The molecule has 1 rings (SSSR count). The molecule has 0 aliphatic rings. The molecule has 0 fully saturated rings. The number of H-pyrrole nitrogens is 1. The lowest BCUT2D eigenvalue weighted by molar-refractivity contribution is 0.784. The van der Waals surface area contributed by atoms with Crippen molar-refractivity contribution in [2.24, 2.45) is 0 Å². The lowest BCUT2D eigenvalue weighted by atomic mass is 10.1. The summed E-state index contributed by atoms with van der Waals surface area (Å²) in [5, 5.41) is 0. The van der Waals surface area contributed by atoms with Crippen molar-refractivity contribution in [1.29, 1.82) is 0 Å². The predicted molar refractivity (Wildman–Crippen MR) is 53.7 cm³/mol. The Morgan fingerprint density at radius 3 is 1.92 bits per heavy atom. The van der Waals surface area contributed by atoms with E-state index in [0.717, 1.165) is 0 Å². The van der Waals surface area contributed by atoms with Gasteiger partial charge in [-0.05, 0) is 30.4 Å². The third-order valence-corrected chi connectivity index (χ3v) is 2.28. The first-order chi connectivity index (χ1) is 5.52. The van der Waals surface area contributed by atoms with Crippen molar-refractivity contribution in [3.63, 3.8) is 0 Å². The second kappa shape index (κ2) is 3.34. The highest BCUT2D eigenvalue weighted by molar-refractivity contribution is 5.28. The van der Waals surface area contributed by atoms with Crippen LogP contribution < -0.4 is 0 Å². The van der Waals surface area contributed by atoms with Gasteiger partial charge in [0.15, 0.2) is 0 Å². The molecule has 1 heteroatoms. The molecule has 0 unspecified atom stereocenters. The number of rotatable bonds is 2. The van der Waals surface area contributed by atoms with Gasteiger partial charge < -0.3 is 4.98 Å². The van der Waals surface area contributed by atoms with Crippen LogP contribution >= 0.6 is 0 Å². The molecule has 1 aromatic heterocycles. The Morgan fingerprint density at radius 1 is 1.08 bits per heavy atom. The molecule has 0 atom stereocenters. The summed E-state index contributed by atoms with van der Waals surface area (Å²) in [5.41, 5.74) is 4.14. The van der Waals surface area contributed by atoms with Crippen LogP contribution in [0.15, 0.2) is 6.07 Å². The van der Waals surface area contributed by atoms with Gasteiger partial charge in [-0.25, -0.2) is 0 Å². The highest BCUT2D eigenvalue weighted by Crippen LogP contribution is 2.22. The maximum Gasteiger partial charge on any atom is 0.0204 e. The summed E-state index contributed by atoms with van der Waals surface area (Å²) in [6.07, 6.45) is 0. The van der Waals surface area contributed by atoms with Crippen molar-refractivity contribution in [2.45, 2.75) is 46.5 Å². The van der Waals surface area contributed by atoms with Crippen LogP contribution in [0.25, 0.3) is 0 Å². The van der Waals surface area contributed by atoms with E-state index < -0.39 is 0 Å². The molecule has 0 amide bonds. The van der Waals surface area contributed by atoms with Crippen molar-refractivity contribution in [3.05, 3.63) is 23.0 Å². The van der Waals surface area contributed by atoms with Gasteiger partial charge in [0.2, 0.25) is 0 Å². The summed E-state index contributed by atoms with van der Waals surface area (Å²) in [7, 11) is 0. The molecule has 0 spiro atoms. The van der Waals surface area contributed by atoms with Gasteiger partial charge in [-0.1, -0.05) is 27.7 Å². The summed E-state index contributed by atoms with van der Waals surface area (Å²) >= 11 is 0. The summed E-state index contributed by atoms with van der Waals surface area (Å²) in [5.74, 6) is 1.22. The summed E-state index contributed by atoms with van der Waals surface area (Å²) in [6.45, 7) is 11.1. The van der Waals surface area contributed by atoms with E-state index in [1.165, 1.54) is 17.0 Å². The van der Waals surface area contributed by atoms with Crippen molar-refractivity contribution in [1.82, 2.24) is 4.98 Å². The first-order valence-electron chi connectivity index (χ1n) is 4.71. The Hall–Kier alpha value is -0.720. The van der Waals surface area contributed by atoms with Crippen molar-refractivity contribution >= 4 is 0 Å². The second-order valence-corrected chi connectivity index (χ2v) is 4.13. The number of aromatic amines is 1. The fourth-order valence-electron chi connectivity index (χ4n) is 1.51. The zero-order chi connectivity index (χ0) is 9.30. The van der Waals surface area contributed by atoms with E-state index in [0.29, 0.717) is 11.8 Å². The zero-order valence-electron chi connectivity index (χ0n) is 8.73. The standard InChI is InChI=1S/C11H19N/c1-7(2)10-6-9(5)11(12-10)8(3)4/h6-8,12H,1-5H3. The number of aryl methyl sites for hydroxylation is 1. The first-order valence-corrected chi connectivity index (χ1v) is 4.71. The smallest absolute Gasteiger partial charge is 0.0204 e. The normalized spacial score (nSPS) is 11.6. The van der Waals surface area contributed by atoms with E-state index in [2.05, 4.69) is 45.7 Å². The Kier molecular flexibility index (Phi) is 2.61. The van der Waals surface area contributed by atoms with E-state index in [4.69, 9.17) is 0 Å². The van der Waals surface area contributed by atoms with Crippen LogP contribution in [0.3, 0.4) is 0 Å². The number of aromatic nitrogens is 1. The molecular weight excluding hydrogens is 146 g/mol. The molecular formula is C11H19N. The minimum atomic E-state index is 0.608. The van der Waals surface area contributed by atoms with Crippen LogP contribution in [0.2, 0.25) is 0 Å². The van der Waals surface area contributed by atoms with Crippen LogP contribution in [0.5, 0.6) is 0 Å². The Bertz CT molecular complexity index is 256. The molecule has 12 heavy (non-hydrogen) atoms. The molecule has 0 aromatic carbocycles. The maximum atomic E-state index is 3.48. The fourth-order valence-corrected chi connectivity index (χ4v) is 1.51. The quantitative estimate of drug-likeness (QED) is 0.689. The Morgan fingerprint density at radius 2 is 1.67 bits per heavy atom. The van der Waals surface area contributed by atoms with Crippen LogP contribution in [0.1, 0.15) is 56.5 Å². The summed E-state index contributed by atoms with van der Waals surface area (Å²) < 4.78 is 0. The van der Waals surface area contributed by atoms with Crippen LogP contribution in [0, 0.1) is 6.92 Å². The van der Waals surface area contributed by atoms with Crippen molar-refractivity contribution < 1.29 is 0 Å². The van der Waals surface area contributed by atoms with Gasteiger partial charge in [0.05, 0.1) is 0 Å². The van der Waals surface area contributed by atoms with E-state index in [1.54, 1.807) is 0 Å². The van der Waals surface area contributed by atoms with Crippen LogP contribution in [0.4, 0.5) is 0 Å². The molecule has 0 saturated carbocycles. The predicted octanol–water partition coefficient (Wildman–Crippen LogP) is 3.57. The third-order valence-electron chi connectivity index (χ3n) is 2.28. The molecule has 68 valence electrons. The minimum Gasteiger partial charge on any atom is -0.362 e. The van der Waals surface area contributed by atoms with E-state index in [-0.39, 0.29) is 0 Å². The summed E-state index contributed by atoms with van der Waals surface area (Å²) in [4.78, 5) is 3.48. The molecule has 0 saturated heterocycles. The monoisotopic (exact) mass is 165 g/mol. The third kappa shape index (κ3) is 1.71. The highest BCUT2D eigenvalue weighted by Gasteiger charge is 2.09. The molecule has 1 nitrogen and oxygen atoms in total. The number of hydrogen-bond acceptors (Lipinski definition) is 0. The van der Waals surface area contributed by atoms with Gasteiger partial charge in [0.25, 0.3) is 0 Å². The molecule has 0 radical (unpaired) electrons. The average molecular weight is 165 g/mol. The maximum absolute atomic E-state index is 3.48. The van der Waals surface area contributed by atoms with E-state index in [1.807, 2.05) is 0 Å². The second-order valence-electron chi connectivity index (χ2n) is 4.13. The van der Waals surface area contributed by atoms with Crippen molar-refractivity contribution in [3.8, 4) is 0 Å². The molecule has 0 aliphatic heterocycles. The molecule has 1 heterocycles. The first kappa shape index (κ1) is 9.37. The average Bonchev–Trinajstić information content (AvgIpc) is 2.30. The van der Waals surface area contributed by atoms with Crippen LogP contribution in [-0.4, -0.2) is 4.98 Å². The SMILES string of the molecule is Cc1cc(C(C)C)[nH]c1C(C)C. The van der Waals surface area contributed by atoms with Gasteiger partial charge in [-0.2, -0.15) is 0 Å². The van der Waals surface area contributed by atoms with Gasteiger partial charge in [0.1, 0.15) is 0 Å². The lowest BCUT2D eigenvalue weighted by Gasteiger charge is -2.04. The molecule has 0 bridgehead atoms. The molecule has 1 N–H and O–H groups in total. The van der Waals surface area contributed by atoms with Crippen LogP contribution in [-0.2, 0) is 0 Å². The highest BCUT2D eigenvalue weighted by atomic mass is 14.7. The molecule has 0 aliphatic carbocycles. The molecule has 1 aromatic rings. The lowest BCUT2D eigenvalue weighted by Crippen LogP contribution is -1.91. The van der Waals surface area contributed by atoms with Crippen molar-refractivity contribution in [2.75, 3.05) is 0 Å². The van der Waals surface area contributed by atoms with Gasteiger partial charge >= 0.3 is 0 Å². The fraction of sp³-hybridized carbons (Fsp3) is 0.636. The van der Waals surface area contributed by atoms with Gasteiger partial charge in [0, 0.05) is 11.4 Å². The number of hydrogen-bond donors (Lipinski definition) is 1.